The van der Waals surface area contributed by atoms with Crippen molar-refractivity contribution in [2.45, 2.75) is 378 Å². The van der Waals surface area contributed by atoms with E-state index in [0.29, 0.717) is 19.4 Å². The maximum atomic E-state index is 13.0. The van der Waals surface area contributed by atoms with Gasteiger partial charge in [-0.25, -0.2) is 0 Å². The van der Waals surface area contributed by atoms with Gasteiger partial charge in [-0.05, 0) is 32.1 Å². The van der Waals surface area contributed by atoms with Crippen LogP contribution < -0.4 is 5.32 Å². The van der Waals surface area contributed by atoms with Crippen LogP contribution in [0.2, 0.25) is 0 Å². The number of rotatable bonds is 59. The van der Waals surface area contributed by atoms with Crippen molar-refractivity contribution in [1.82, 2.24) is 5.32 Å². The molecule has 0 spiro atoms. The lowest BCUT2D eigenvalue weighted by atomic mass is 9.99. The number of esters is 1. The summed E-state index contributed by atoms with van der Waals surface area (Å²) in [6, 6.07) is -0.805. The van der Waals surface area contributed by atoms with Crippen molar-refractivity contribution in [3.63, 3.8) is 0 Å². The fourth-order valence-corrected chi connectivity index (χ4v) is 10.8. The van der Waals surface area contributed by atoms with E-state index in [9.17, 15) is 35.1 Å². The molecule has 6 N–H and O–H groups in total. The number of aliphatic hydroxyl groups is 5. The highest BCUT2D eigenvalue weighted by Crippen LogP contribution is 2.23. The van der Waals surface area contributed by atoms with Crippen LogP contribution in [0.4, 0.5) is 0 Å². The van der Waals surface area contributed by atoms with Gasteiger partial charge in [0.15, 0.2) is 6.29 Å². The Labute approximate surface area is 474 Å². The molecule has 0 aliphatic carbocycles. The summed E-state index contributed by atoms with van der Waals surface area (Å²) < 4.78 is 16.7. The molecule has 1 amide bonds. The number of aliphatic hydroxyl groups excluding tert-OH is 5. The first-order valence-electron chi connectivity index (χ1n) is 33.5. The minimum absolute atomic E-state index is 0.0110. The molecule has 0 aromatic carbocycles. The topological polar surface area (TPSA) is 175 Å². The highest BCUT2D eigenvalue weighted by atomic mass is 16.7. The van der Waals surface area contributed by atoms with Crippen LogP contribution in [0.1, 0.15) is 335 Å². The second-order valence-corrected chi connectivity index (χ2v) is 23.5. The van der Waals surface area contributed by atoms with Crippen LogP contribution in [0.5, 0.6) is 0 Å². The van der Waals surface area contributed by atoms with Crippen LogP contribution in [0, 0.1) is 0 Å². The van der Waals surface area contributed by atoms with Crippen molar-refractivity contribution in [1.29, 1.82) is 0 Å². The Bertz CT molecular complexity index is 1280. The standard InChI is InChI=1S/C66H127NO10/c1-3-5-7-9-11-13-33-38-42-46-50-54-62(71)75-55-51-47-43-39-35-32-30-28-26-24-22-20-18-16-14-15-17-19-21-23-25-27-29-31-34-37-41-45-49-53-61(70)67-58(59(69)52-48-44-40-36-12-10-8-6-4-2)57-76-66-65(74)64(73)63(72)60(56-68)77-66/h48,52,58-60,63-66,68-69,72-74H,3-47,49-51,53-57H2,1-2H3,(H,67,70)/b52-48+. The Morgan fingerprint density at radius 2 is 0.818 bits per heavy atom. The fourth-order valence-electron chi connectivity index (χ4n) is 10.8. The van der Waals surface area contributed by atoms with E-state index < -0.39 is 49.5 Å². The molecule has 0 aromatic heterocycles. The van der Waals surface area contributed by atoms with E-state index in [1.807, 2.05) is 6.08 Å². The molecule has 1 aliphatic heterocycles. The lowest BCUT2D eigenvalue weighted by Crippen LogP contribution is -2.60. The first-order chi connectivity index (χ1) is 37.7. The number of amides is 1. The predicted molar refractivity (Wildman–Crippen MR) is 320 cm³/mol. The summed E-state index contributed by atoms with van der Waals surface area (Å²) in [5.74, 6) is -0.168. The molecule has 0 aromatic rings. The molecule has 0 radical (unpaired) electrons. The van der Waals surface area contributed by atoms with Gasteiger partial charge in [-0.15, -0.1) is 0 Å². The van der Waals surface area contributed by atoms with Crippen LogP contribution in [-0.4, -0.2) is 100 Å². The van der Waals surface area contributed by atoms with Gasteiger partial charge >= 0.3 is 5.97 Å². The van der Waals surface area contributed by atoms with E-state index >= 15 is 0 Å². The Morgan fingerprint density at radius 1 is 0.468 bits per heavy atom. The van der Waals surface area contributed by atoms with Gasteiger partial charge in [0, 0.05) is 12.8 Å². The van der Waals surface area contributed by atoms with Crippen molar-refractivity contribution in [2.75, 3.05) is 19.8 Å². The van der Waals surface area contributed by atoms with Gasteiger partial charge in [0.2, 0.25) is 5.91 Å². The smallest absolute Gasteiger partial charge is 0.305 e. The zero-order chi connectivity index (χ0) is 55.9. The maximum absolute atomic E-state index is 13.0. The van der Waals surface area contributed by atoms with Gasteiger partial charge in [-0.3, -0.25) is 9.59 Å². The van der Waals surface area contributed by atoms with Gasteiger partial charge in [-0.2, -0.15) is 0 Å². The van der Waals surface area contributed by atoms with Crippen molar-refractivity contribution < 1.29 is 49.3 Å². The SMILES string of the molecule is CCCCCCCCC/C=C/C(O)C(COC1OC(CO)C(O)C(O)C1O)NC(=O)CCCCCCCCCCCCCCCCCCCCCCCCCCCCCCCOC(=O)CCCCCCCCCCCCC. The summed E-state index contributed by atoms with van der Waals surface area (Å²) in [7, 11) is 0. The van der Waals surface area contributed by atoms with Crippen molar-refractivity contribution in [3.05, 3.63) is 12.2 Å². The third-order valence-corrected chi connectivity index (χ3v) is 16.2. The Morgan fingerprint density at radius 3 is 1.21 bits per heavy atom. The van der Waals surface area contributed by atoms with E-state index in [0.717, 1.165) is 51.4 Å². The largest absolute Gasteiger partial charge is 0.466 e. The summed E-state index contributed by atoms with van der Waals surface area (Å²) in [5.41, 5.74) is 0. The number of unbranched alkanes of at least 4 members (excludes halogenated alkanes) is 45. The normalized spacial score (nSPS) is 18.6. The molecule has 1 saturated heterocycles. The average Bonchev–Trinajstić information content (AvgIpc) is 3.43. The molecule has 0 saturated carbocycles. The summed E-state index contributed by atoms with van der Waals surface area (Å²) >= 11 is 0. The number of ether oxygens (including phenoxy) is 3. The van der Waals surface area contributed by atoms with Gasteiger partial charge in [0.25, 0.3) is 0 Å². The van der Waals surface area contributed by atoms with E-state index in [1.165, 1.54) is 257 Å². The van der Waals surface area contributed by atoms with E-state index in [1.54, 1.807) is 6.08 Å². The zero-order valence-electron chi connectivity index (χ0n) is 50.5. The minimum Gasteiger partial charge on any atom is -0.466 e. The Hall–Kier alpha value is -1.60. The summed E-state index contributed by atoms with van der Waals surface area (Å²) in [6.07, 6.45) is 57.8. The number of carbonyl (C=O) groups is 2. The fraction of sp³-hybridized carbons (Fsp3) is 0.939. The van der Waals surface area contributed by atoms with E-state index in [2.05, 4.69) is 19.2 Å². The van der Waals surface area contributed by atoms with Gasteiger partial charge < -0.3 is 45.1 Å². The quantitative estimate of drug-likeness (QED) is 0.0195. The number of allylic oxidation sites excluding steroid dienone is 1. The lowest BCUT2D eigenvalue weighted by molar-refractivity contribution is -0.302. The number of hydrogen-bond acceptors (Lipinski definition) is 10. The highest BCUT2D eigenvalue weighted by Gasteiger charge is 2.44. The van der Waals surface area contributed by atoms with Gasteiger partial charge in [0.1, 0.15) is 24.4 Å². The van der Waals surface area contributed by atoms with Crippen molar-refractivity contribution in [3.8, 4) is 0 Å². The van der Waals surface area contributed by atoms with Crippen molar-refractivity contribution >= 4 is 11.9 Å². The highest BCUT2D eigenvalue weighted by molar-refractivity contribution is 5.76. The van der Waals surface area contributed by atoms with Gasteiger partial charge in [-0.1, -0.05) is 302 Å². The first kappa shape index (κ1) is 73.4. The second-order valence-electron chi connectivity index (χ2n) is 23.5. The maximum Gasteiger partial charge on any atom is 0.305 e. The van der Waals surface area contributed by atoms with Gasteiger partial charge in [0.05, 0.1) is 32.0 Å². The average molecular weight is 1090 g/mol. The Kier molecular flexibility index (Phi) is 53.6. The minimum atomic E-state index is -1.57. The van der Waals surface area contributed by atoms with Crippen LogP contribution in [0.3, 0.4) is 0 Å². The second kappa shape index (κ2) is 56.3. The summed E-state index contributed by atoms with van der Waals surface area (Å²) in [5, 5.41) is 54.3. The molecule has 1 rings (SSSR count). The van der Waals surface area contributed by atoms with Crippen molar-refractivity contribution in [2.24, 2.45) is 0 Å². The molecule has 1 aliphatic rings. The summed E-state index contributed by atoms with van der Waals surface area (Å²) in [4.78, 5) is 25.0. The third kappa shape index (κ3) is 45.7. The van der Waals surface area contributed by atoms with Crippen LogP contribution in [0.25, 0.3) is 0 Å². The molecule has 7 atom stereocenters. The van der Waals surface area contributed by atoms with Crippen LogP contribution in [-0.2, 0) is 23.8 Å². The molecule has 77 heavy (non-hydrogen) atoms. The molecule has 11 heteroatoms. The molecule has 1 heterocycles. The van der Waals surface area contributed by atoms with Crippen LogP contribution in [0.15, 0.2) is 12.2 Å². The van der Waals surface area contributed by atoms with E-state index in [4.69, 9.17) is 14.2 Å². The lowest BCUT2D eigenvalue weighted by Gasteiger charge is -2.40. The van der Waals surface area contributed by atoms with Crippen LogP contribution >= 0.6 is 0 Å². The molecule has 11 nitrogen and oxygen atoms in total. The zero-order valence-corrected chi connectivity index (χ0v) is 50.5. The first-order valence-corrected chi connectivity index (χ1v) is 33.5. The number of carbonyl (C=O) groups excluding carboxylic acids is 2. The molecular formula is C66H127NO10. The predicted octanol–water partition coefficient (Wildman–Crippen LogP) is 16.3. The molecular weight excluding hydrogens is 967 g/mol. The third-order valence-electron chi connectivity index (χ3n) is 16.2. The number of nitrogens with one attached hydrogen (secondary N) is 1. The molecule has 7 unspecified atom stereocenters. The Balaban J connectivity index is 1.92. The molecule has 1 fully saturated rings. The summed E-state index contributed by atoms with van der Waals surface area (Å²) in [6.45, 7) is 4.35. The molecule has 456 valence electrons. The monoisotopic (exact) mass is 1090 g/mol. The van der Waals surface area contributed by atoms with E-state index in [-0.39, 0.29) is 18.5 Å². The number of hydrogen-bond donors (Lipinski definition) is 6. The molecule has 0 bridgehead atoms.